The van der Waals surface area contributed by atoms with E-state index in [9.17, 15) is 10.1 Å². The molecule has 0 spiro atoms. The highest BCUT2D eigenvalue weighted by molar-refractivity contribution is 5.77. The third kappa shape index (κ3) is 1.99. The molecule has 1 aromatic carbocycles. The molecule has 7 heteroatoms. The predicted octanol–water partition coefficient (Wildman–Crippen LogP) is 3.03. The molecule has 20 heavy (non-hydrogen) atoms. The van der Waals surface area contributed by atoms with Crippen LogP contribution in [0.1, 0.15) is 11.4 Å². The van der Waals surface area contributed by atoms with Crippen molar-refractivity contribution in [2.24, 2.45) is 0 Å². The molecule has 7 nitrogen and oxygen atoms in total. The first-order chi connectivity index (χ1) is 9.54. The lowest BCUT2D eigenvalue weighted by Gasteiger charge is -2.07. The first-order valence-corrected chi connectivity index (χ1v) is 6.01. The van der Waals surface area contributed by atoms with E-state index in [2.05, 4.69) is 10.4 Å². The summed E-state index contributed by atoms with van der Waals surface area (Å²) in [7, 11) is 0. The largest absolute Gasteiger partial charge is 0.422 e. The van der Waals surface area contributed by atoms with Crippen LogP contribution in [0.25, 0.3) is 11.1 Å². The van der Waals surface area contributed by atoms with Crippen LogP contribution in [0, 0.1) is 24.0 Å². The van der Waals surface area contributed by atoms with Gasteiger partial charge in [0.2, 0.25) is 0 Å². The summed E-state index contributed by atoms with van der Waals surface area (Å²) >= 11 is 0. The number of hydrogen-bond donors (Lipinski definition) is 1. The van der Waals surface area contributed by atoms with Crippen LogP contribution in [-0.2, 0) is 0 Å². The molecular weight excluding hydrogens is 260 g/mol. The van der Waals surface area contributed by atoms with Crippen molar-refractivity contribution in [3.05, 3.63) is 51.8 Å². The summed E-state index contributed by atoms with van der Waals surface area (Å²) in [5.41, 5.74) is 5.99. The van der Waals surface area contributed by atoms with Gasteiger partial charge in [0.1, 0.15) is 5.52 Å². The van der Waals surface area contributed by atoms with Crippen molar-refractivity contribution in [1.29, 1.82) is 0 Å². The van der Waals surface area contributed by atoms with Gasteiger partial charge in [-0.25, -0.2) is 5.43 Å². The number of hydrogen-bond acceptors (Lipinski definition) is 5. The van der Waals surface area contributed by atoms with Crippen molar-refractivity contribution in [2.45, 2.75) is 13.8 Å². The molecule has 0 aliphatic heterocycles. The fraction of sp³-hybridized carbons (Fsp3) is 0.154. The number of benzene rings is 1. The third-order valence-electron chi connectivity index (χ3n) is 3.06. The fourth-order valence-corrected chi connectivity index (χ4v) is 2.02. The van der Waals surface area contributed by atoms with Crippen molar-refractivity contribution >= 4 is 22.8 Å². The number of nitrogens with zero attached hydrogens (tertiary/aromatic N) is 3. The molecule has 102 valence electrons. The first-order valence-electron chi connectivity index (χ1n) is 6.01. The SMILES string of the molecule is Cc1ccc(C)n1Nc1nc2cc([N+](=O)[O-])ccc2o1. The van der Waals surface area contributed by atoms with Gasteiger partial charge in [0.15, 0.2) is 5.58 Å². The molecule has 3 rings (SSSR count). The van der Waals surface area contributed by atoms with Crippen molar-refractivity contribution < 1.29 is 9.34 Å². The van der Waals surface area contributed by atoms with Gasteiger partial charge >= 0.3 is 6.01 Å². The van der Waals surface area contributed by atoms with Crippen LogP contribution in [-0.4, -0.2) is 14.6 Å². The maximum atomic E-state index is 10.7. The van der Waals surface area contributed by atoms with Gasteiger partial charge in [-0.1, -0.05) is 0 Å². The maximum Gasteiger partial charge on any atom is 0.315 e. The van der Waals surface area contributed by atoms with Crippen molar-refractivity contribution in [3.63, 3.8) is 0 Å². The Hall–Kier alpha value is -2.83. The number of aryl methyl sites for hydroxylation is 2. The van der Waals surface area contributed by atoms with Gasteiger partial charge in [-0.15, -0.1) is 0 Å². The Kier molecular flexibility index (Phi) is 2.67. The molecule has 2 heterocycles. The predicted molar refractivity (Wildman–Crippen MR) is 73.6 cm³/mol. The van der Waals surface area contributed by atoms with Crippen molar-refractivity contribution in [1.82, 2.24) is 9.66 Å². The highest BCUT2D eigenvalue weighted by Gasteiger charge is 2.12. The summed E-state index contributed by atoms with van der Waals surface area (Å²) in [6.07, 6.45) is 0. The molecular formula is C13H12N4O3. The molecule has 0 unspecified atom stereocenters. The Labute approximate surface area is 114 Å². The second kappa shape index (κ2) is 4.37. The summed E-state index contributed by atoms with van der Waals surface area (Å²) in [5.74, 6) is 0. The zero-order chi connectivity index (χ0) is 14.3. The Bertz CT molecular complexity index is 784. The quantitative estimate of drug-likeness (QED) is 0.585. The van der Waals surface area contributed by atoms with Crippen LogP contribution in [0.5, 0.6) is 0 Å². The molecule has 0 radical (unpaired) electrons. The topological polar surface area (TPSA) is 86.1 Å². The van der Waals surface area contributed by atoms with Crippen LogP contribution < -0.4 is 5.43 Å². The summed E-state index contributed by atoms with van der Waals surface area (Å²) in [5, 5.41) is 10.7. The lowest BCUT2D eigenvalue weighted by atomic mass is 10.3. The van der Waals surface area contributed by atoms with Gasteiger partial charge < -0.3 is 4.42 Å². The molecule has 0 aliphatic rings. The highest BCUT2D eigenvalue weighted by Crippen LogP contribution is 2.24. The molecule has 0 atom stereocenters. The number of rotatable bonds is 3. The average molecular weight is 272 g/mol. The van der Waals surface area contributed by atoms with E-state index in [0.29, 0.717) is 17.1 Å². The summed E-state index contributed by atoms with van der Waals surface area (Å²) in [4.78, 5) is 14.5. The number of nitro groups is 1. The van der Waals surface area contributed by atoms with Crippen molar-refractivity contribution in [3.8, 4) is 0 Å². The van der Waals surface area contributed by atoms with E-state index in [1.54, 1.807) is 6.07 Å². The smallest absolute Gasteiger partial charge is 0.315 e. The van der Waals surface area contributed by atoms with Crippen LogP contribution in [0.4, 0.5) is 11.7 Å². The van der Waals surface area contributed by atoms with Crippen LogP contribution in [0.15, 0.2) is 34.7 Å². The van der Waals surface area contributed by atoms with E-state index in [1.807, 2.05) is 30.7 Å². The molecule has 0 aliphatic carbocycles. The zero-order valence-electron chi connectivity index (χ0n) is 11.0. The monoisotopic (exact) mass is 272 g/mol. The maximum absolute atomic E-state index is 10.7. The van der Waals surface area contributed by atoms with E-state index in [4.69, 9.17) is 4.42 Å². The van der Waals surface area contributed by atoms with Gasteiger partial charge in [-0.2, -0.15) is 4.98 Å². The standard InChI is InChI=1S/C13H12N4O3/c1-8-3-4-9(2)16(8)15-13-14-11-7-10(17(18)19)5-6-12(11)20-13/h3-7H,1-2H3,(H,14,15). The zero-order valence-corrected chi connectivity index (χ0v) is 11.0. The molecule has 1 N–H and O–H groups in total. The third-order valence-corrected chi connectivity index (χ3v) is 3.06. The summed E-state index contributed by atoms with van der Waals surface area (Å²) in [6, 6.07) is 8.55. The van der Waals surface area contributed by atoms with Gasteiger partial charge in [-0.05, 0) is 32.0 Å². The van der Waals surface area contributed by atoms with E-state index in [0.717, 1.165) is 11.4 Å². The Morgan fingerprint density at radius 1 is 1.25 bits per heavy atom. The molecule has 0 saturated heterocycles. The number of nitro benzene ring substituents is 1. The number of fused-ring (bicyclic) bond motifs is 1. The second-order valence-electron chi connectivity index (χ2n) is 4.49. The Morgan fingerprint density at radius 2 is 1.95 bits per heavy atom. The van der Waals surface area contributed by atoms with Crippen LogP contribution in [0.3, 0.4) is 0 Å². The minimum absolute atomic E-state index is 0.00863. The number of nitrogens with one attached hydrogen (secondary N) is 1. The van der Waals surface area contributed by atoms with E-state index in [-0.39, 0.29) is 5.69 Å². The van der Waals surface area contributed by atoms with Crippen molar-refractivity contribution in [2.75, 3.05) is 5.43 Å². The number of oxazole rings is 1. The lowest BCUT2D eigenvalue weighted by Crippen LogP contribution is -2.12. The summed E-state index contributed by atoms with van der Waals surface area (Å²) < 4.78 is 7.35. The number of anilines is 1. The van der Waals surface area contributed by atoms with Gasteiger partial charge in [0.25, 0.3) is 5.69 Å². The average Bonchev–Trinajstić information content (AvgIpc) is 2.95. The summed E-state index contributed by atoms with van der Waals surface area (Å²) in [6.45, 7) is 3.90. The molecule has 0 amide bonds. The second-order valence-corrected chi connectivity index (χ2v) is 4.49. The minimum atomic E-state index is -0.457. The normalized spacial score (nSPS) is 10.9. The number of aromatic nitrogens is 2. The van der Waals surface area contributed by atoms with Gasteiger partial charge in [0, 0.05) is 23.5 Å². The molecule has 0 saturated carbocycles. The van der Waals surface area contributed by atoms with E-state index < -0.39 is 4.92 Å². The molecule has 0 fully saturated rings. The van der Waals surface area contributed by atoms with Gasteiger partial charge in [-0.3, -0.25) is 14.8 Å². The van der Waals surface area contributed by atoms with Crippen LogP contribution in [0.2, 0.25) is 0 Å². The molecule has 0 bridgehead atoms. The van der Waals surface area contributed by atoms with Crippen LogP contribution >= 0.6 is 0 Å². The Morgan fingerprint density at radius 3 is 2.60 bits per heavy atom. The Balaban J connectivity index is 1.99. The fourth-order valence-electron chi connectivity index (χ4n) is 2.02. The molecule has 3 aromatic rings. The van der Waals surface area contributed by atoms with E-state index in [1.165, 1.54) is 12.1 Å². The number of non-ortho nitro benzene ring substituents is 1. The highest BCUT2D eigenvalue weighted by atomic mass is 16.6. The lowest BCUT2D eigenvalue weighted by molar-refractivity contribution is -0.384. The first kappa shape index (κ1) is 12.2. The molecule has 2 aromatic heterocycles. The van der Waals surface area contributed by atoms with E-state index >= 15 is 0 Å². The van der Waals surface area contributed by atoms with Gasteiger partial charge in [0.05, 0.1) is 4.92 Å². The minimum Gasteiger partial charge on any atom is -0.422 e.